The Morgan fingerprint density at radius 1 is 1.67 bits per heavy atom. The maximum Gasteiger partial charge on any atom is 0.308 e. The van der Waals surface area contributed by atoms with E-state index in [1.54, 1.807) is 12.1 Å². The van der Waals surface area contributed by atoms with Crippen LogP contribution in [0.1, 0.15) is 11.1 Å². The van der Waals surface area contributed by atoms with Crippen LogP contribution in [-0.4, -0.2) is 18.2 Å². The van der Waals surface area contributed by atoms with Gasteiger partial charge in [-0.25, -0.2) is 0 Å². The van der Waals surface area contributed by atoms with E-state index in [4.69, 9.17) is 15.1 Å². The minimum Gasteiger partial charge on any atom is -0.496 e. The van der Waals surface area contributed by atoms with Gasteiger partial charge in [-0.05, 0) is 12.1 Å². The van der Waals surface area contributed by atoms with Crippen molar-refractivity contribution in [3.8, 4) is 11.8 Å². The molecule has 0 heterocycles. The Bertz CT molecular complexity index is 437. The van der Waals surface area contributed by atoms with Crippen molar-refractivity contribution in [1.29, 1.82) is 5.26 Å². The number of methoxy groups -OCH3 is 1. The average Bonchev–Trinajstić information content (AvgIpc) is 2.19. The third-order valence-corrected chi connectivity index (χ3v) is 2.30. The zero-order chi connectivity index (χ0) is 11.4. The Kier molecular flexibility index (Phi) is 3.69. The maximum atomic E-state index is 10.6. The number of nitrogens with zero attached hydrogens (tertiary/aromatic N) is 1. The topological polar surface area (TPSA) is 70.3 Å². The van der Waals surface area contributed by atoms with Crippen LogP contribution < -0.4 is 4.74 Å². The number of carboxylic acid groups (broad SMARTS) is 1. The van der Waals surface area contributed by atoms with Crippen LogP contribution in [0.15, 0.2) is 16.6 Å². The molecular weight excluding hydrogens is 262 g/mol. The van der Waals surface area contributed by atoms with E-state index in [1.807, 2.05) is 6.07 Å². The maximum absolute atomic E-state index is 10.6. The smallest absolute Gasteiger partial charge is 0.308 e. The molecule has 0 aliphatic heterocycles. The molecule has 0 radical (unpaired) electrons. The summed E-state index contributed by atoms with van der Waals surface area (Å²) in [7, 11) is 1.44. The van der Waals surface area contributed by atoms with Crippen molar-refractivity contribution >= 4 is 21.9 Å². The van der Waals surface area contributed by atoms with Crippen LogP contribution in [0.25, 0.3) is 0 Å². The van der Waals surface area contributed by atoms with Gasteiger partial charge in [0.05, 0.1) is 25.2 Å². The molecule has 1 aromatic carbocycles. The lowest BCUT2D eigenvalue weighted by atomic mass is 10.0. The molecule has 0 fully saturated rings. The molecule has 4 nitrogen and oxygen atoms in total. The van der Waals surface area contributed by atoms with Crippen molar-refractivity contribution in [1.82, 2.24) is 0 Å². The molecule has 0 saturated carbocycles. The average molecular weight is 270 g/mol. The van der Waals surface area contributed by atoms with Crippen LogP contribution in [-0.2, 0) is 11.2 Å². The summed E-state index contributed by atoms with van der Waals surface area (Å²) in [5.74, 6) is -0.588. The Balaban J connectivity index is 3.31. The molecule has 0 bridgehead atoms. The molecule has 0 unspecified atom stereocenters. The van der Waals surface area contributed by atoms with Crippen molar-refractivity contribution in [2.24, 2.45) is 0 Å². The Morgan fingerprint density at radius 2 is 2.33 bits per heavy atom. The molecule has 0 aromatic heterocycles. The van der Waals surface area contributed by atoms with E-state index in [0.29, 0.717) is 21.3 Å². The highest BCUT2D eigenvalue weighted by Crippen LogP contribution is 2.27. The van der Waals surface area contributed by atoms with E-state index in [0.717, 1.165) is 0 Å². The van der Waals surface area contributed by atoms with Crippen LogP contribution >= 0.6 is 15.9 Å². The highest BCUT2D eigenvalue weighted by Gasteiger charge is 2.13. The highest BCUT2D eigenvalue weighted by molar-refractivity contribution is 9.10. The summed E-state index contributed by atoms with van der Waals surface area (Å²) in [5.41, 5.74) is 0.708. The number of carboxylic acids is 1. The van der Waals surface area contributed by atoms with Crippen LogP contribution in [0, 0.1) is 11.3 Å². The van der Waals surface area contributed by atoms with Crippen molar-refractivity contribution in [3.63, 3.8) is 0 Å². The number of hydrogen-bond donors (Lipinski definition) is 1. The number of carbonyl (C=O) groups is 1. The summed E-state index contributed by atoms with van der Waals surface area (Å²) in [6.07, 6.45) is -0.223. The van der Waals surface area contributed by atoms with Gasteiger partial charge in [-0.2, -0.15) is 5.26 Å². The van der Waals surface area contributed by atoms with Gasteiger partial charge in [0.2, 0.25) is 0 Å². The SMILES string of the molecule is COc1cc(Br)cc(C#N)c1CC(=O)O. The van der Waals surface area contributed by atoms with Crippen LogP contribution in [0.5, 0.6) is 5.75 Å². The molecule has 0 amide bonds. The summed E-state index contributed by atoms with van der Waals surface area (Å²) >= 11 is 3.22. The Morgan fingerprint density at radius 3 is 2.80 bits per heavy atom. The molecule has 5 heteroatoms. The largest absolute Gasteiger partial charge is 0.496 e. The number of benzene rings is 1. The molecule has 0 spiro atoms. The van der Waals surface area contributed by atoms with Gasteiger partial charge in [0.1, 0.15) is 5.75 Å². The van der Waals surface area contributed by atoms with E-state index < -0.39 is 5.97 Å². The van der Waals surface area contributed by atoms with Crippen LogP contribution in [0.2, 0.25) is 0 Å². The zero-order valence-corrected chi connectivity index (χ0v) is 9.54. The Hall–Kier alpha value is -1.54. The Labute approximate surface area is 95.2 Å². The third kappa shape index (κ3) is 2.70. The standard InChI is InChI=1S/C10H8BrNO3/c1-15-9-3-7(11)2-6(5-12)8(9)4-10(13)14/h2-3H,4H2,1H3,(H,13,14). The van der Waals surface area contributed by atoms with E-state index in [-0.39, 0.29) is 6.42 Å². The third-order valence-electron chi connectivity index (χ3n) is 1.84. The van der Waals surface area contributed by atoms with Crippen LogP contribution in [0.3, 0.4) is 0 Å². The first-order valence-corrected chi connectivity index (χ1v) is 4.86. The predicted molar refractivity (Wildman–Crippen MR) is 56.7 cm³/mol. The first-order valence-electron chi connectivity index (χ1n) is 4.06. The molecule has 1 aromatic rings. The van der Waals surface area contributed by atoms with Gasteiger partial charge < -0.3 is 9.84 Å². The van der Waals surface area contributed by atoms with Gasteiger partial charge in [-0.15, -0.1) is 0 Å². The molecule has 0 saturated heterocycles. The second-order valence-electron chi connectivity index (χ2n) is 2.82. The van der Waals surface area contributed by atoms with Gasteiger partial charge in [-0.3, -0.25) is 4.79 Å². The fraction of sp³-hybridized carbons (Fsp3) is 0.200. The summed E-state index contributed by atoms with van der Waals surface area (Å²) in [6, 6.07) is 5.15. The van der Waals surface area contributed by atoms with E-state index >= 15 is 0 Å². The number of ether oxygens (including phenoxy) is 1. The number of hydrogen-bond acceptors (Lipinski definition) is 3. The lowest BCUT2D eigenvalue weighted by Crippen LogP contribution is -2.04. The van der Waals surface area contributed by atoms with Crippen molar-refractivity contribution in [2.75, 3.05) is 7.11 Å². The lowest BCUT2D eigenvalue weighted by Gasteiger charge is -2.08. The summed E-state index contributed by atoms with van der Waals surface area (Å²) in [4.78, 5) is 10.6. The molecule has 78 valence electrons. The fourth-order valence-electron chi connectivity index (χ4n) is 1.23. The molecule has 1 rings (SSSR count). The monoisotopic (exact) mass is 269 g/mol. The second kappa shape index (κ2) is 4.80. The van der Waals surface area contributed by atoms with Gasteiger partial charge in [0, 0.05) is 10.0 Å². The van der Waals surface area contributed by atoms with E-state index in [9.17, 15) is 4.79 Å². The van der Waals surface area contributed by atoms with Gasteiger partial charge in [-0.1, -0.05) is 15.9 Å². The fourth-order valence-corrected chi connectivity index (χ4v) is 1.66. The molecule has 15 heavy (non-hydrogen) atoms. The van der Waals surface area contributed by atoms with Crippen molar-refractivity contribution in [3.05, 3.63) is 27.7 Å². The summed E-state index contributed by atoms with van der Waals surface area (Å²) in [6.45, 7) is 0. The van der Waals surface area contributed by atoms with Gasteiger partial charge >= 0.3 is 5.97 Å². The predicted octanol–water partition coefficient (Wildman–Crippen LogP) is 1.96. The summed E-state index contributed by atoms with van der Waals surface area (Å²) in [5, 5.41) is 17.6. The van der Waals surface area contributed by atoms with E-state index in [1.165, 1.54) is 7.11 Å². The number of nitriles is 1. The van der Waals surface area contributed by atoms with Crippen molar-refractivity contribution in [2.45, 2.75) is 6.42 Å². The molecule has 0 aliphatic rings. The minimum atomic E-state index is -0.993. The zero-order valence-electron chi connectivity index (χ0n) is 7.95. The molecule has 0 atom stereocenters. The van der Waals surface area contributed by atoms with Crippen molar-refractivity contribution < 1.29 is 14.6 Å². The quantitative estimate of drug-likeness (QED) is 0.911. The molecule has 0 aliphatic carbocycles. The summed E-state index contributed by atoms with van der Waals surface area (Å²) < 4.78 is 5.71. The molecular formula is C10H8BrNO3. The first-order chi connectivity index (χ1) is 7.08. The van der Waals surface area contributed by atoms with Gasteiger partial charge in [0.25, 0.3) is 0 Å². The number of aliphatic carboxylic acids is 1. The highest BCUT2D eigenvalue weighted by atomic mass is 79.9. The minimum absolute atomic E-state index is 0.223. The first kappa shape index (κ1) is 11.5. The van der Waals surface area contributed by atoms with Gasteiger partial charge in [0.15, 0.2) is 0 Å². The molecule has 1 N–H and O–H groups in total. The van der Waals surface area contributed by atoms with Crippen LogP contribution in [0.4, 0.5) is 0 Å². The number of rotatable bonds is 3. The van der Waals surface area contributed by atoms with E-state index in [2.05, 4.69) is 15.9 Å². The number of halogens is 1. The normalized spacial score (nSPS) is 9.40. The second-order valence-corrected chi connectivity index (χ2v) is 3.73. The lowest BCUT2D eigenvalue weighted by molar-refractivity contribution is -0.136.